The zero-order valence-electron chi connectivity index (χ0n) is 8.22. The third kappa shape index (κ3) is 1.86. The van der Waals surface area contributed by atoms with Crippen LogP contribution in [0.2, 0.25) is 0 Å². The normalized spacial score (nSPS) is 13.0. The summed E-state index contributed by atoms with van der Waals surface area (Å²) in [4.78, 5) is 0. The third-order valence-electron chi connectivity index (χ3n) is 2.50. The molecule has 0 aliphatic rings. The summed E-state index contributed by atoms with van der Waals surface area (Å²) in [7, 11) is 0. The number of aryl methyl sites for hydroxylation is 2. The van der Waals surface area contributed by atoms with Gasteiger partial charge in [-0.15, -0.1) is 0 Å². The summed E-state index contributed by atoms with van der Waals surface area (Å²) in [5.41, 5.74) is 8.19. The molecule has 1 aromatic carbocycles. The molecule has 12 heavy (non-hydrogen) atoms. The van der Waals surface area contributed by atoms with Gasteiger partial charge >= 0.3 is 0 Å². The molecule has 3 N–H and O–H groups in total. The molecule has 66 valence electrons. The molecule has 0 saturated carbocycles. The van der Waals surface area contributed by atoms with Crippen LogP contribution in [0.4, 0.5) is 0 Å². The minimum absolute atomic E-state index is 0.448. The predicted molar refractivity (Wildman–Crippen MR) is 51.8 cm³/mol. The average Bonchev–Trinajstić information content (AvgIpc) is 2.08. The van der Waals surface area contributed by atoms with E-state index in [0.717, 1.165) is 6.42 Å². The van der Waals surface area contributed by atoms with Crippen LogP contribution in [-0.2, 0) is 0 Å². The number of quaternary nitrogens is 1. The Bertz CT molecular complexity index is 266. The molecule has 1 heteroatoms. The molecular formula is C11H18N+. The van der Waals surface area contributed by atoms with Crippen molar-refractivity contribution in [1.29, 1.82) is 0 Å². The molecule has 1 aromatic rings. The first-order valence-electron chi connectivity index (χ1n) is 4.55. The molecule has 0 spiro atoms. The first kappa shape index (κ1) is 9.27. The van der Waals surface area contributed by atoms with Crippen molar-refractivity contribution in [1.82, 2.24) is 0 Å². The van der Waals surface area contributed by atoms with E-state index < -0.39 is 0 Å². The van der Waals surface area contributed by atoms with Gasteiger partial charge in [-0.05, 0) is 31.0 Å². The SMILES string of the molecule is CC[C@H]([NH3+])c1ccc(C)c(C)c1. The lowest BCUT2D eigenvalue weighted by molar-refractivity contribution is -0.427. The van der Waals surface area contributed by atoms with E-state index in [4.69, 9.17) is 0 Å². The lowest BCUT2D eigenvalue weighted by atomic mass is 10.0. The summed E-state index contributed by atoms with van der Waals surface area (Å²) in [6, 6.07) is 7.06. The lowest BCUT2D eigenvalue weighted by Gasteiger charge is -2.08. The Morgan fingerprint density at radius 2 is 1.92 bits per heavy atom. The van der Waals surface area contributed by atoms with E-state index in [1.165, 1.54) is 16.7 Å². The predicted octanol–water partition coefficient (Wildman–Crippen LogP) is 2.00. The maximum Gasteiger partial charge on any atom is 0.110 e. The molecule has 0 aliphatic heterocycles. The minimum atomic E-state index is 0.448. The summed E-state index contributed by atoms with van der Waals surface area (Å²) in [6.07, 6.45) is 1.11. The van der Waals surface area contributed by atoms with E-state index >= 15 is 0 Å². The molecule has 0 aliphatic carbocycles. The first-order chi connectivity index (χ1) is 5.65. The Labute approximate surface area is 74.6 Å². The van der Waals surface area contributed by atoms with Gasteiger partial charge in [-0.1, -0.05) is 19.1 Å². The van der Waals surface area contributed by atoms with Crippen LogP contribution in [0.3, 0.4) is 0 Å². The van der Waals surface area contributed by atoms with E-state index in [0.29, 0.717) is 6.04 Å². The second-order valence-electron chi connectivity index (χ2n) is 3.45. The molecule has 0 unspecified atom stereocenters. The lowest BCUT2D eigenvalue weighted by Crippen LogP contribution is -2.53. The topological polar surface area (TPSA) is 27.6 Å². The van der Waals surface area contributed by atoms with Gasteiger partial charge in [0.05, 0.1) is 0 Å². The highest BCUT2D eigenvalue weighted by Gasteiger charge is 2.06. The van der Waals surface area contributed by atoms with Crippen molar-refractivity contribution >= 4 is 0 Å². The molecule has 0 saturated heterocycles. The molecule has 1 nitrogen and oxygen atoms in total. The average molecular weight is 164 g/mol. The standard InChI is InChI=1S/C11H17N/c1-4-11(12)10-6-5-8(2)9(3)7-10/h5-7,11H,4,12H2,1-3H3/p+1/t11-/m0/s1. The Morgan fingerprint density at radius 3 is 2.42 bits per heavy atom. The van der Waals surface area contributed by atoms with Gasteiger partial charge in [-0.3, -0.25) is 0 Å². The largest absolute Gasteiger partial charge is 0.351 e. The Hall–Kier alpha value is -0.820. The van der Waals surface area contributed by atoms with Crippen molar-refractivity contribution in [3.63, 3.8) is 0 Å². The smallest absolute Gasteiger partial charge is 0.110 e. The van der Waals surface area contributed by atoms with Crippen molar-refractivity contribution in [2.75, 3.05) is 0 Å². The van der Waals surface area contributed by atoms with Crippen LogP contribution in [0.1, 0.15) is 36.1 Å². The van der Waals surface area contributed by atoms with Crippen LogP contribution < -0.4 is 5.73 Å². The van der Waals surface area contributed by atoms with Gasteiger partial charge in [0.1, 0.15) is 6.04 Å². The second-order valence-corrected chi connectivity index (χ2v) is 3.45. The summed E-state index contributed by atoms with van der Waals surface area (Å²) >= 11 is 0. The maximum atomic E-state index is 4.10. The minimum Gasteiger partial charge on any atom is -0.351 e. The van der Waals surface area contributed by atoms with E-state index in [-0.39, 0.29) is 0 Å². The highest BCUT2D eigenvalue weighted by molar-refractivity contribution is 5.30. The maximum absolute atomic E-state index is 4.10. The van der Waals surface area contributed by atoms with Crippen molar-refractivity contribution in [2.45, 2.75) is 33.2 Å². The van der Waals surface area contributed by atoms with Crippen LogP contribution >= 0.6 is 0 Å². The van der Waals surface area contributed by atoms with Gasteiger partial charge in [0.2, 0.25) is 0 Å². The van der Waals surface area contributed by atoms with Crippen molar-refractivity contribution in [3.05, 3.63) is 34.9 Å². The number of rotatable bonds is 2. The van der Waals surface area contributed by atoms with Crippen LogP contribution in [-0.4, -0.2) is 0 Å². The fourth-order valence-corrected chi connectivity index (χ4v) is 1.25. The molecule has 1 atom stereocenters. The molecule has 0 amide bonds. The molecule has 0 bridgehead atoms. The van der Waals surface area contributed by atoms with E-state index in [2.05, 4.69) is 44.7 Å². The fourth-order valence-electron chi connectivity index (χ4n) is 1.25. The number of hydrogen-bond donors (Lipinski definition) is 1. The Kier molecular flexibility index (Phi) is 2.88. The summed E-state index contributed by atoms with van der Waals surface area (Å²) < 4.78 is 0. The van der Waals surface area contributed by atoms with Crippen molar-refractivity contribution < 1.29 is 5.73 Å². The van der Waals surface area contributed by atoms with Gasteiger partial charge in [0, 0.05) is 12.0 Å². The zero-order chi connectivity index (χ0) is 9.14. The third-order valence-corrected chi connectivity index (χ3v) is 2.50. The molecule has 0 heterocycles. The summed E-state index contributed by atoms with van der Waals surface area (Å²) in [6.45, 7) is 6.47. The molecule has 0 aromatic heterocycles. The highest BCUT2D eigenvalue weighted by atomic mass is 14.6. The van der Waals surface area contributed by atoms with E-state index in [1.54, 1.807) is 0 Å². The summed E-state index contributed by atoms with van der Waals surface area (Å²) in [5, 5.41) is 0. The molecule has 0 radical (unpaired) electrons. The zero-order valence-corrected chi connectivity index (χ0v) is 8.22. The van der Waals surface area contributed by atoms with Crippen molar-refractivity contribution in [3.8, 4) is 0 Å². The fraction of sp³-hybridized carbons (Fsp3) is 0.455. The van der Waals surface area contributed by atoms with Crippen LogP contribution in [0.5, 0.6) is 0 Å². The van der Waals surface area contributed by atoms with Gasteiger partial charge in [0.15, 0.2) is 0 Å². The second kappa shape index (κ2) is 3.72. The quantitative estimate of drug-likeness (QED) is 0.692. The van der Waals surface area contributed by atoms with Gasteiger partial charge in [-0.2, -0.15) is 0 Å². The molecule has 0 fully saturated rings. The first-order valence-corrected chi connectivity index (χ1v) is 4.55. The van der Waals surface area contributed by atoms with E-state index in [9.17, 15) is 0 Å². The van der Waals surface area contributed by atoms with Crippen LogP contribution in [0.25, 0.3) is 0 Å². The monoisotopic (exact) mass is 164 g/mol. The summed E-state index contributed by atoms with van der Waals surface area (Å²) in [5.74, 6) is 0. The van der Waals surface area contributed by atoms with Gasteiger partial charge in [0.25, 0.3) is 0 Å². The van der Waals surface area contributed by atoms with Gasteiger partial charge < -0.3 is 5.73 Å². The molecule has 1 rings (SSSR count). The Morgan fingerprint density at radius 1 is 1.25 bits per heavy atom. The van der Waals surface area contributed by atoms with Crippen molar-refractivity contribution in [2.24, 2.45) is 0 Å². The highest BCUT2D eigenvalue weighted by Crippen LogP contribution is 2.15. The molecular weight excluding hydrogens is 146 g/mol. The van der Waals surface area contributed by atoms with Crippen LogP contribution in [0.15, 0.2) is 18.2 Å². The number of hydrogen-bond acceptors (Lipinski definition) is 0. The Balaban J connectivity index is 2.96. The van der Waals surface area contributed by atoms with Crippen LogP contribution in [0, 0.1) is 13.8 Å². The number of benzene rings is 1. The van der Waals surface area contributed by atoms with E-state index in [1.807, 2.05) is 0 Å². The van der Waals surface area contributed by atoms with Gasteiger partial charge in [-0.25, -0.2) is 0 Å².